The molecule has 0 aromatic heterocycles. The van der Waals surface area contributed by atoms with Crippen molar-refractivity contribution in [1.82, 2.24) is 0 Å². The average molecular weight is 319 g/mol. The van der Waals surface area contributed by atoms with Crippen LogP contribution in [0.3, 0.4) is 0 Å². The van der Waals surface area contributed by atoms with Gasteiger partial charge in [0, 0.05) is 18.6 Å². The maximum absolute atomic E-state index is 6.21. The highest BCUT2D eigenvalue weighted by molar-refractivity contribution is 5.45. The van der Waals surface area contributed by atoms with E-state index in [1.807, 2.05) is 6.07 Å². The third-order valence-electron chi connectivity index (χ3n) is 5.39. The van der Waals surface area contributed by atoms with Gasteiger partial charge in [-0.1, -0.05) is 25.3 Å². The molecule has 4 nitrogen and oxygen atoms in total. The zero-order valence-corrected chi connectivity index (χ0v) is 14.2. The molecule has 23 heavy (non-hydrogen) atoms. The Morgan fingerprint density at radius 2 is 2.00 bits per heavy atom. The van der Waals surface area contributed by atoms with Gasteiger partial charge in [0.1, 0.15) is 6.10 Å². The highest BCUT2D eigenvalue weighted by Gasteiger charge is 2.33. The van der Waals surface area contributed by atoms with E-state index in [0.29, 0.717) is 13.2 Å². The van der Waals surface area contributed by atoms with Gasteiger partial charge in [0.2, 0.25) is 0 Å². The van der Waals surface area contributed by atoms with Crippen molar-refractivity contribution in [3.05, 3.63) is 23.8 Å². The van der Waals surface area contributed by atoms with Gasteiger partial charge in [0.15, 0.2) is 11.5 Å². The van der Waals surface area contributed by atoms with Crippen LogP contribution in [0.25, 0.3) is 0 Å². The molecule has 3 rings (SSSR count). The Morgan fingerprint density at radius 3 is 2.65 bits per heavy atom. The third kappa shape index (κ3) is 3.64. The van der Waals surface area contributed by atoms with Crippen LogP contribution in [0.15, 0.2) is 18.2 Å². The molecule has 2 aliphatic rings. The Labute approximate surface area is 139 Å². The van der Waals surface area contributed by atoms with E-state index >= 15 is 0 Å². The van der Waals surface area contributed by atoms with Gasteiger partial charge in [0.05, 0.1) is 13.7 Å². The fraction of sp³-hybridized carbons (Fsp3) is 0.684. The zero-order chi connectivity index (χ0) is 16.1. The molecule has 2 fully saturated rings. The minimum absolute atomic E-state index is 0.103. The number of benzene rings is 1. The van der Waals surface area contributed by atoms with Crippen molar-refractivity contribution in [3.63, 3.8) is 0 Å². The van der Waals surface area contributed by atoms with Gasteiger partial charge < -0.3 is 19.9 Å². The van der Waals surface area contributed by atoms with Crippen LogP contribution in [0, 0.1) is 0 Å². The molecule has 1 aliphatic heterocycles. The first kappa shape index (κ1) is 16.6. The van der Waals surface area contributed by atoms with E-state index in [-0.39, 0.29) is 11.5 Å². The van der Waals surface area contributed by atoms with Gasteiger partial charge in [-0.05, 0) is 43.4 Å². The zero-order valence-electron chi connectivity index (χ0n) is 14.2. The lowest BCUT2D eigenvalue weighted by Gasteiger charge is -2.37. The smallest absolute Gasteiger partial charge is 0.161 e. The summed E-state index contributed by atoms with van der Waals surface area (Å²) in [6.07, 6.45) is 8.39. The van der Waals surface area contributed by atoms with Gasteiger partial charge in [-0.2, -0.15) is 0 Å². The lowest BCUT2D eigenvalue weighted by molar-refractivity contribution is 0.00636. The molecule has 1 saturated carbocycles. The lowest BCUT2D eigenvalue weighted by Crippen LogP contribution is -2.37. The molecule has 0 amide bonds. The molecular weight excluding hydrogens is 290 g/mol. The second-order valence-electron chi connectivity index (χ2n) is 6.87. The van der Waals surface area contributed by atoms with Crippen LogP contribution < -0.4 is 15.2 Å². The van der Waals surface area contributed by atoms with Gasteiger partial charge in [0.25, 0.3) is 0 Å². The van der Waals surface area contributed by atoms with Gasteiger partial charge >= 0.3 is 0 Å². The lowest BCUT2D eigenvalue weighted by atomic mass is 9.69. The Kier molecular flexibility index (Phi) is 5.44. The Morgan fingerprint density at radius 1 is 1.17 bits per heavy atom. The molecule has 128 valence electrons. The number of hydrogen-bond donors (Lipinski definition) is 1. The van der Waals surface area contributed by atoms with E-state index < -0.39 is 0 Å². The maximum atomic E-state index is 6.21. The molecule has 0 radical (unpaired) electrons. The van der Waals surface area contributed by atoms with Crippen LogP contribution in [-0.2, 0) is 10.2 Å². The highest BCUT2D eigenvalue weighted by Crippen LogP contribution is 2.42. The fourth-order valence-electron chi connectivity index (χ4n) is 3.92. The van der Waals surface area contributed by atoms with Crippen molar-refractivity contribution < 1.29 is 14.2 Å². The topological polar surface area (TPSA) is 53.7 Å². The second kappa shape index (κ2) is 7.54. The molecule has 1 aliphatic carbocycles. The van der Waals surface area contributed by atoms with E-state index in [1.54, 1.807) is 7.11 Å². The standard InChI is InChI=1S/C19H29NO3/c1-21-17-8-7-15(19(14-20)9-3-2-4-10-19)12-18(17)23-16-6-5-11-22-13-16/h7-8,12,16H,2-6,9-11,13-14,20H2,1H3. The normalized spacial score (nSPS) is 24.2. The molecule has 1 heterocycles. The largest absolute Gasteiger partial charge is 0.493 e. The summed E-state index contributed by atoms with van der Waals surface area (Å²) in [6.45, 7) is 2.20. The monoisotopic (exact) mass is 319 g/mol. The van der Waals surface area contributed by atoms with E-state index in [4.69, 9.17) is 19.9 Å². The van der Waals surface area contributed by atoms with Crippen molar-refractivity contribution in [3.8, 4) is 11.5 Å². The van der Waals surface area contributed by atoms with Gasteiger partial charge in [-0.3, -0.25) is 0 Å². The number of nitrogens with two attached hydrogens (primary N) is 1. The van der Waals surface area contributed by atoms with Gasteiger partial charge in [-0.25, -0.2) is 0 Å². The quantitative estimate of drug-likeness (QED) is 0.903. The minimum Gasteiger partial charge on any atom is -0.493 e. The predicted molar refractivity (Wildman–Crippen MR) is 91.3 cm³/mol. The number of rotatable bonds is 5. The first-order valence-electron chi connectivity index (χ1n) is 8.90. The minimum atomic E-state index is 0.103. The molecule has 1 atom stereocenters. The van der Waals surface area contributed by atoms with E-state index in [0.717, 1.165) is 30.9 Å². The average Bonchev–Trinajstić information content (AvgIpc) is 2.63. The summed E-state index contributed by atoms with van der Waals surface area (Å²) in [4.78, 5) is 0. The molecule has 0 bridgehead atoms. The van der Waals surface area contributed by atoms with Crippen LogP contribution in [0.2, 0.25) is 0 Å². The summed E-state index contributed by atoms with van der Waals surface area (Å²) in [5, 5.41) is 0. The van der Waals surface area contributed by atoms with Gasteiger partial charge in [-0.15, -0.1) is 0 Å². The summed E-state index contributed by atoms with van der Waals surface area (Å²) in [6, 6.07) is 6.35. The predicted octanol–water partition coefficient (Wildman–Crippen LogP) is 3.41. The van der Waals surface area contributed by atoms with E-state index in [9.17, 15) is 0 Å². The van der Waals surface area contributed by atoms with Crippen molar-refractivity contribution in [2.75, 3.05) is 26.9 Å². The Bertz CT molecular complexity index is 505. The van der Waals surface area contributed by atoms with Crippen LogP contribution in [0.5, 0.6) is 11.5 Å². The summed E-state index contributed by atoms with van der Waals surface area (Å²) in [7, 11) is 1.69. The summed E-state index contributed by atoms with van der Waals surface area (Å²) in [5.74, 6) is 1.63. The van der Waals surface area contributed by atoms with E-state index in [2.05, 4.69) is 12.1 Å². The first-order chi connectivity index (χ1) is 11.3. The molecule has 1 aromatic rings. The number of hydrogen-bond acceptors (Lipinski definition) is 4. The number of ether oxygens (including phenoxy) is 3. The SMILES string of the molecule is COc1ccc(C2(CN)CCCCC2)cc1OC1CCCOC1. The second-order valence-corrected chi connectivity index (χ2v) is 6.87. The molecule has 1 saturated heterocycles. The molecule has 4 heteroatoms. The summed E-state index contributed by atoms with van der Waals surface area (Å²) < 4.78 is 17.2. The van der Waals surface area contributed by atoms with E-state index in [1.165, 1.54) is 37.7 Å². The highest BCUT2D eigenvalue weighted by atomic mass is 16.5. The van der Waals surface area contributed by atoms with Crippen LogP contribution in [0.4, 0.5) is 0 Å². The molecule has 0 spiro atoms. The fourth-order valence-corrected chi connectivity index (χ4v) is 3.92. The maximum Gasteiger partial charge on any atom is 0.161 e. The first-order valence-corrected chi connectivity index (χ1v) is 8.90. The summed E-state index contributed by atoms with van der Waals surface area (Å²) >= 11 is 0. The molecule has 2 N–H and O–H groups in total. The van der Waals surface area contributed by atoms with Crippen molar-refractivity contribution in [1.29, 1.82) is 0 Å². The third-order valence-corrected chi connectivity index (χ3v) is 5.39. The van der Waals surface area contributed by atoms with Crippen molar-refractivity contribution >= 4 is 0 Å². The van der Waals surface area contributed by atoms with Crippen molar-refractivity contribution in [2.24, 2.45) is 5.73 Å². The van der Waals surface area contributed by atoms with Crippen LogP contribution >= 0.6 is 0 Å². The van der Waals surface area contributed by atoms with Crippen LogP contribution in [-0.4, -0.2) is 33.0 Å². The molecule has 1 unspecified atom stereocenters. The molecule has 1 aromatic carbocycles. The van der Waals surface area contributed by atoms with Crippen LogP contribution in [0.1, 0.15) is 50.5 Å². The number of methoxy groups -OCH3 is 1. The molecular formula is C19H29NO3. The van der Waals surface area contributed by atoms with Crippen molar-refractivity contribution in [2.45, 2.75) is 56.5 Å². The Balaban J connectivity index is 1.85. The Hall–Kier alpha value is -1.26. The summed E-state index contributed by atoms with van der Waals surface area (Å²) in [5.41, 5.74) is 7.58.